The summed E-state index contributed by atoms with van der Waals surface area (Å²) in [7, 11) is 1.58. The number of primary amides is 1. The minimum Gasteiger partial charge on any atom is -0.366 e. The summed E-state index contributed by atoms with van der Waals surface area (Å²) in [6, 6.07) is 6.19. The van der Waals surface area contributed by atoms with E-state index in [2.05, 4.69) is 10.9 Å². The lowest BCUT2D eigenvalue weighted by Gasteiger charge is -2.03. The first-order valence-corrected chi connectivity index (χ1v) is 4.02. The van der Waals surface area contributed by atoms with E-state index < -0.39 is 5.91 Å². The number of hydrazine groups is 1. The monoisotopic (exact) mass is 193 g/mol. The molecule has 5 nitrogen and oxygen atoms in total. The Kier molecular flexibility index (Phi) is 3.19. The molecule has 0 saturated carbocycles. The first kappa shape index (κ1) is 10.2. The van der Waals surface area contributed by atoms with Crippen LogP contribution in [0.15, 0.2) is 24.3 Å². The number of nitrogens with two attached hydrogens (primary N) is 1. The van der Waals surface area contributed by atoms with Crippen LogP contribution in [0.1, 0.15) is 20.7 Å². The topological polar surface area (TPSA) is 84.2 Å². The molecule has 0 unspecified atom stereocenters. The zero-order valence-corrected chi connectivity index (χ0v) is 7.70. The van der Waals surface area contributed by atoms with Crippen molar-refractivity contribution in [1.29, 1.82) is 0 Å². The van der Waals surface area contributed by atoms with Crippen LogP contribution in [0.25, 0.3) is 0 Å². The molecule has 0 aliphatic rings. The summed E-state index contributed by atoms with van der Waals surface area (Å²) in [5.41, 5.74) is 10.7. The second-order valence-electron chi connectivity index (χ2n) is 2.65. The van der Waals surface area contributed by atoms with Gasteiger partial charge in [-0.15, -0.1) is 0 Å². The van der Waals surface area contributed by atoms with Crippen LogP contribution in [0.5, 0.6) is 0 Å². The van der Waals surface area contributed by atoms with Crippen LogP contribution in [-0.4, -0.2) is 18.9 Å². The number of rotatable bonds is 3. The number of carbonyl (C=O) groups excluding carboxylic acids is 2. The largest absolute Gasteiger partial charge is 0.366 e. The van der Waals surface area contributed by atoms with E-state index in [1.54, 1.807) is 25.2 Å². The van der Waals surface area contributed by atoms with Crippen LogP contribution >= 0.6 is 0 Å². The highest BCUT2D eigenvalue weighted by Gasteiger charge is 2.06. The summed E-state index contributed by atoms with van der Waals surface area (Å²) in [5.74, 6) is -0.861. The highest BCUT2D eigenvalue weighted by atomic mass is 16.2. The van der Waals surface area contributed by atoms with Crippen LogP contribution in [-0.2, 0) is 0 Å². The third-order valence-corrected chi connectivity index (χ3v) is 1.65. The number of hydrogen-bond acceptors (Lipinski definition) is 3. The summed E-state index contributed by atoms with van der Waals surface area (Å²) >= 11 is 0. The predicted molar refractivity (Wildman–Crippen MR) is 51.5 cm³/mol. The van der Waals surface area contributed by atoms with Gasteiger partial charge in [0.25, 0.3) is 5.91 Å². The normalized spacial score (nSPS) is 9.50. The molecule has 4 N–H and O–H groups in total. The average molecular weight is 193 g/mol. The van der Waals surface area contributed by atoms with E-state index in [1.807, 2.05) is 0 Å². The number of carbonyl (C=O) groups is 2. The minimum absolute atomic E-state index is 0.310. The van der Waals surface area contributed by atoms with Crippen LogP contribution in [0, 0.1) is 0 Å². The number of amides is 2. The van der Waals surface area contributed by atoms with E-state index in [-0.39, 0.29) is 5.91 Å². The van der Waals surface area contributed by atoms with Crippen molar-refractivity contribution in [2.24, 2.45) is 5.73 Å². The Morgan fingerprint density at radius 1 is 1.29 bits per heavy atom. The molecule has 0 fully saturated rings. The van der Waals surface area contributed by atoms with E-state index in [0.29, 0.717) is 11.1 Å². The Labute approximate surface area is 81.3 Å². The molecular formula is C9H11N3O2. The third kappa shape index (κ3) is 2.30. The molecule has 2 amide bonds. The molecule has 0 heterocycles. The molecule has 0 atom stereocenters. The Hall–Kier alpha value is -1.88. The van der Waals surface area contributed by atoms with Gasteiger partial charge in [0.05, 0.1) is 0 Å². The van der Waals surface area contributed by atoms with Gasteiger partial charge in [-0.3, -0.25) is 15.0 Å². The van der Waals surface area contributed by atoms with Gasteiger partial charge in [-0.05, 0) is 18.2 Å². The highest BCUT2D eigenvalue weighted by Crippen LogP contribution is 2.03. The highest BCUT2D eigenvalue weighted by molar-refractivity contribution is 5.98. The van der Waals surface area contributed by atoms with Gasteiger partial charge < -0.3 is 5.73 Å². The van der Waals surface area contributed by atoms with Crippen LogP contribution in [0.4, 0.5) is 0 Å². The summed E-state index contributed by atoms with van der Waals surface area (Å²) in [6.07, 6.45) is 0. The zero-order valence-electron chi connectivity index (χ0n) is 7.70. The first-order chi connectivity index (χ1) is 6.65. The molecule has 0 aliphatic heterocycles. The molecular weight excluding hydrogens is 182 g/mol. The SMILES string of the molecule is CNNC(=O)c1cccc(C(N)=O)c1. The van der Waals surface area contributed by atoms with Gasteiger partial charge in [-0.1, -0.05) is 6.07 Å². The second-order valence-corrected chi connectivity index (χ2v) is 2.65. The van der Waals surface area contributed by atoms with Crippen molar-refractivity contribution >= 4 is 11.8 Å². The van der Waals surface area contributed by atoms with Crippen molar-refractivity contribution in [3.63, 3.8) is 0 Å². The molecule has 0 aliphatic carbocycles. The maximum absolute atomic E-state index is 11.3. The molecule has 0 radical (unpaired) electrons. The van der Waals surface area contributed by atoms with E-state index in [0.717, 1.165) is 0 Å². The second kappa shape index (κ2) is 4.38. The van der Waals surface area contributed by atoms with Crippen LogP contribution in [0.3, 0.4) is 0 Å². The lowest BCUT2D eigenvalue weighted by atomic mass is 10.1. The molecule has 1 aromatic rings. The van der Waals surface area contributed by atoms with Gasteiger partial charge in [0.15, 0.2) is 0 Å². The lowest BCUT2D eigenvalue weighted by molar-refractivity contribution is 0.0938. The third-order valence-electron chi connectivity index (χ3n) is 1.65. The van der Waals surface area contributed by atoms with E-state index in [9.17, 15) is 9.59 Å². The molecule has 1 aromatic carbocycles. The number of nitrogens with one attached hydrogen (secondary N) is 2. The molecule has 0 bridgehead atoms. The quantitative estimate of drug-likeness (QED) is 0.573. The Balaban J connectivity index is 2.93. The van der Waals surface area contributed by atoms with Crippen molar-refractivity contribution in [3.8, 4) is 0 Å². The lowest BCUT2D eigenvalue weighted by Crippen LogP contribution is -2.34. The maximum atomic E-state index is 11.3. The molecule has 1 rings (SSSR count). The van der Waals surface area contributed by atoms with Gasteiger partial charge in [-0.25, -0.2) is 5.43 Å². The molecule has 0 spiro atoms. The van der Waals surface area contributed by atoms with Crippen molar-refractivity contribution in [2.75, 3.05) is 7.05 Å². The Bertz CT molecular complexity index is 363. The molecule has 14 heavy (non-hydrogen) atoms. The van der Waals surface area contributed by atoms with Gasteiger partial charge >= 0.3 is 0 Å². The zero-order chi connectivity index (χ0) is 10.6. The number of benzene rings is 1. The molecule has 0 aromatic heterocycles. The molecule has 74 valence electrons. The van der Waals surface area contributed by atoms with Crippen molar-refractivity contribution in [3.05, 3.63) is 35.4 Å². The van der Waals surface area contributed by atoms with E-state index in [1.165, 1.54) is 6.07 Å². The first-order valence-electron chi connectivity index (χ1n) is 4.02. The van der Waals surface area contributed by atoms with Gasteiger partial charge in [-0.2, -0.15) is 0 Å². The fraction of sp³-hybridized carbons (Fsp3) is 0.111. The molecule has 5 heteroatoms. The van der Waals surface area contributed by atoms with Gasteiger partial charge in [0, 0.05) is 18.2 Å². The van der Waals surface area contributed by atoms with Gasteiger partial charge in [0.2, 0.25) is 5.91 Å². The van der Waals surface area contributed by atoms with Crippen LogP contribution < -0.4 is 16.6 Å². The maximum Gasteiger partial charge on any atom is 0.265 e. The van der Waals surface area contributed by atoms with Crippen LogP contribution in [0.2, 0.25) is 0 Å². The minimum atomic E-state index is -0.552. The summed E-state index contributed by atoms with van der Waals surface area (Å²) in [5, 5.41) is 0. The molecule has 0 saturated heterocycles. The predicted octanol–water partition coefficient (Wildman–Crippen LogP) is -0.350. The smallest absolute Gasteiger partial charge is 0.265 e. The van der Waals surface area contributed by atoms with Crippen molar-refractivity contribution in [2.45, 2.75) is 0 Å². The fourth-order valence-electron chi connectivity index (χ4n) is 0.999. The van der Waals surface area contributed by atoms with Crippen molar-refractivity contribution in [1.82, 2.24) is 10.9 Å². The average Bonchev–Trinajstić information content (AvgIpc) is 2.18. The van der Waals surface area contributed by atoms with E-state index in [4.69, 9.17) is 5.73 Å². The summed E-state index contributed by atoms with van der Waals surface area (Å²) in [4.78, 5) is 22.1. The fourth-order valence-corrected chi connectivity index (χ4v) is 0.999. The number of hydrogen-bond donors (Lipinski definition) is 3. The summed E-state index contributed by atoms with van der Waals surface area (Å²) in [6.45, 7) is 0. The summed E-state index contributed by atoms with van der Waals surface area (Å²) < 4.78 is 0. The van der Waals surface area contributed by atoms with Gasteiger partial charge in [0.1, 0.15) is 0 Å². The Morgan fingerprint density at radius 3 is 2.50 bits per heavy atom. The van der Waals surface area contributed by atoms with E-state index >= 15 is 0 Å². The van der Waals surface area contributed by atoms with Crippen molar-refractivity contribution < 1.29 is 9.59 Å². The Morgan fingerprint density at radius 2 is 1.93 bits per heavy atom. The standard InChI is InChI=1S/C9H11N3O2/c1-11-12-9(14)7-4-2-3-6(5-7)8(10)13/h2-5,11H,1H3,(H2,10,13)(H,12,14).